The fourth-order valence-corrected chi connectivity index (χ4v) is 6.88. The minimum Gasteiger partial charge on any atom is -0.368 e. The van der Waals surface area contributed by atoms with Gasteiger partial charge in [0.05, 0.1) is 12.3 Å². The average molecular weight is 541 g/mol. The number of benzene rings is 1. The minimum atomic E-state index is -3.01. The number of halogens is 1. The van der Waals surface area contributed by atoms with E-state index in [0.717, 1.165) is 29.4 Å². The molecule has 4 heterocycles. The van der Waals surface area contributed by atoms with Crippen molar-refractivity contribution in [1.29, 1.82) is 0 Å². The molecule has 0 bridgehead atoms. The molecule has 0 aliphatic carbocycles. The Labute approximate surface area is 224 Å². The van der Waals surface area contributed by atoms with Gasteiger partial charge in [-0.15, -0.1) is 0 Å². The normalized spacial score (nSPS) is 24.1. The number of piperidine rings is 1. The molecule has 38 heavy (non-hydrogen) atoms. The van der Waals surface area contributed by atoms with Gasteiger partial charge in [0.25, 0.3) is 0 Å². The summed E-state index contributed by atoms with van der Waals surface area (Å²) in [5, 5.41) is 5.47. The lowest BCUT2D eigenvalue weighted by Gasteiger charge is -2.48. The van der Waals surface area contributed by atoms with Crippen LogP contribution in [0.2, 0.25) is 0 Å². The number of nitrogens with one attached hydrogen (secondary N) is 1. The summed E-state index contributed by atoms with van der Waals surface area (Å²) in [7, 11) is -3.01. The number of anilines is 4. The van der Waals surface area contributed by atoms with E-state index in [1.807, 2.05) is 17.2 Å². The third-order valence-electron chi connectivity index (χ3n) is 7.79. The molecule has 3 aromatic rings. The quantitative estimate of drug-likeness (QED) is 0.443. The molecule has 8 nitrogen and oxygen atoms in total. The zero-order valence-corrected chi connectivity index (χ0v) is 23.6. The van der Waals surface area contributed by atoms with Crippen LogP contribution in [0.1, 0.15) is 52.0 Å². The second kappa shape index (κ2) is 9.94. The van der Waals surface area contributed by atoms with Crippen LogP contribution >= 0.6 is 0 Å². The van der Waals surface area contributed by atoms with Crippen LogP contribution in [0.25, 0.3) is 10.8 Å². The highest BCUT2D eigenvalue weighted by Gasteiger charge is 2.38. The summed E-state index contributed by atoms with van der Waals surface area (Å²) in [5.41, 5.74) is 1.05. The Hall–Kier alpha value is -3.01. The summed E-state index contributed by atoms with van der Waals surface area (Å²) in [6.07, 6.45) is 6.20. The van der Waals surface area contributed by atoms with Crippen LogP contribution in [0, 0.1) is 5.92 Å². The van der Waals surface area contributed by atoms with Crippen LogP contribution in [0.4, 0.5) is 27.7 Å². The molecular formula is C28H37FN6O2S. The van der Waals surface area contributed by atoms with Gasteiger partial charge in [-0.25, -0.2) is 22.8 Å². The summed E-state index contributed by atoms with van der Waals surface area (Å²) in [6.45, 7) is 9.79. The monoisotopic (exact) mass is 540 g/mol. The van der Waals surface area contributed by atoms with E-state index in [4.69, 9.17) is 4.98 Å². The molecule has 5 rings (SSSR count). The lowest BCUT2D eigenvalue weighted by atomic mass is 9.88. The molecule has 2 fully saturated rings. The summed E-state index contributed by atoms with van der Waals surface area (Å²) >= 11 is 0. The maximum absolute atomic E-state index is 14.6. The Kier molecular flexibility index (Phi) is 6.96. The Morgan fingerprint density at radius 1 is 1.18 bits per heavy atom. The number of fused-ring (bicyclic) bond motifs is 1. The average Bonchev–Trinajstić information content (AvgIpc) is 2.84. The zero-order chi connectivity index (χ0) is 27.2. The van der Waals surface area contributed by atoms with E-state index in [0.29, 0.717) is 36.5 Å². The lowest BCUT2D eigenvalue weighted by Crippen LogP contribution is -2.57. The molecule has 0 unspecified atom stereocenters. The van der Waals surface area contributed by atoms with Gasteiger partial charge in [-0.3, -0.25) is 0 Å². The highest BCUT2D eigenvalue weighted by molar-refractivity contribution is 7.90. The third kappa shape index (κ3) is 5.55. The first-order valence-corrected chi connectivity index (χ1v) is 15.4. The number of rotatable bonds is 7. The fourth-order valence-electron chi connectivity index (χ4n) is 5.72. The molecule has 0 radical (unpaired) electrons. The molecule has 2 aliphatic rings. The molecule has 1 N–H and O–H groups in total. The van der Waals surface area contributed by atoms with Crippen molar-refractivity contribution in [3.63, 3.8) is 0 Å². The predicted molar refractivity (Wildman–Crippen MR) is 152 cm³/mol. The van der Waals surface area contributed by atoms with E-state index in [2.05, 4.69) is 53.1 Å². The summed E-state index contributed by atoms with van der Waals surface area (Å²) in [6, 6.07) is 8.27. The van der Waals surface area contributed by atoms with Crippen molar-refractivity contribution in [2.75, 3.05) is 46.8 Å². The van der Waals surface area contributed by atoms with Gasteiger partial charge in [-0.2, -0.15) is 4.98 Å². The van der Waals surface area contributed by atoms with Gasteiger partial charge in [-0.1, -0.05) is 19.9 Å². The van der Waals surface area contributed by atoms with Crippen molar-refractivity contribution in [2.24, 2.45) is 5.92 Å². The van der Waals surface area contributed by atoms with Gasteiger partial charge in [0.15, 0.2) is 0 Å². The van der Waals surface area contributed by atoms with E-state index in [1.165, 1.54) is 11.8 Å². The first-order valence-electron chi connectivity index (χ1n) is 13.3. The Morgan fingerprint density at radius 3 is 2.66 bits per heavy atom. The van der Waals surface area contributed by atoms with Gasteiger partial charge in [-0.05, 0) is 61.8 Å². The number of sulfone groups is 1. The first kappa shape index (κ1) is 26.6. The van der Waals surface area contributed by atoms with Gasteiger partial charge in [0.1, 0.15) is 27.1 Å². The standard InChI is InChI=1S/C28H37FN6O2S/c1-18(2)21-7-8-24(35-15-20(19(35)3)16-38(5,36)37)23-14-31-26(13-22(21)23)32-25-9-11-30-27(33-25)34-12-6-10-28(4,29)17-34/h7-9,11,13-14,18-20H,6,10,12,15-17H2,1-5H3,(H,30,31,32,33)/t19-,20-,28+/m1/s1. The van der Waals surface area contributed by atoms with Gasteiger partial charge in [0.2, 0.25) is 5.95 Å². The maximum atomic E-state index is 14.6. The highest BCUT2D eigenvalue weighted by Crippen LogP contribution is 2.39. The molecule has 204 valence electrons. The molecule has 2 aliphatic heterocycles. The van der Waals surface area contributed by atoms with Crippen molar-refractivity contribution in [1.82, 2.24) is 15.0 Å². The highest BCUT2D eigenvalue weighted by atomic mass is 32.2. The molecule has 0 saturated carbocycles. The minimum absolute atomic E-state index is 0.126. The van der Waals surface area contributed by atoms with Crippen molar-refractivity contribution in [2.45, 2.75) is 58.2 Å². The molecule has 0 amide bonds. The molecule has 2 aromatic heterocycles. The Morgan fingerprint density at radius 2 is 1.97 bits per heavy atom. The molecule has 1 aromatic carbocycles. The van der Waals surface area contributed by atoms with Crippen molar-refractivity contribution in [3.8, 4) is 0 Å². The van der Waals surface area contributed by atoms with Crippen molar-refractivity contribution >= 4 is 43.9 Å². The smallest absolute Gasteiger partial charge is 0.227 e. The molecule has 0 spiro atoms. The van der Waals surface area contributed by atoms with Crippen LogP contribution in [0.3, 0.4) is 0 Å². The maximum Gasteiger partial charge on any atom is 0.227 e. The number of nitrogens with zero attached hydrogens (tertiary/aromatic N) is 5. The lowest BCUT2D eigenvalue weighted by molar-refractivity contribution is 0.159. The van der Waals surface area contributed by atoms with Crippen LogP contribution in [0.15, 0.2) is 36.7 Å². The number of hydrogen-bond donors (Lipinski definition) is 1. The second-order valence-corrected chi connectivity index (χ2v) is 13.7. The molecule has 3 atom stereocenters. The largest absolute Gasteiger partial charge is 0.368 e. The SMILES string of the molecule is CC(C)c1ccc(N2C[C@H](CS(C)(=O)=O)[C@H]2C)c2cnc(Nc3ccnc(N4CCC[C@](C)(F)C4)n3)cc12. The fraction of sp³-hybridized carbons (Fsp3) is 0.536. The van der Waals surface area contributed by atoms with Crippen molar-refractivity contribution in [3.05, 3.63) is 42.2 Å². The molecular weight excluding hydrogens is 503 g/mol. The van der Waals surface area contributed by atoms with Crippen LogP contribution < -0.4 is 15.1 Å². The summed E-state index contributed by atoms with van der Waals surface area (Å²) in [4.78, 5) is 17.9. The predicted octanol–water partition coefficient (Wildman–Crippen LogP) is 5.09. The van der Waals surface area contributed by atoms with Crippen LogP contribution in [-0.2, 0) is 9.84 Å². The van der Waals surface area contributed by atoms with Crippen LogP contribution in [-0.4, -0.2) is 66.7 Å². The van der Waals surface area contributed by atoms with Gasteiger partial charge < -0.3 is 15.1 Å². The van der Waals surface area contributed by atoms with E-state index in [1.54, 1.807) is 19.2 Å². The summed E-state index contributed by atoms with van der Waals surface area (Å²) < 4.78 is 38.2. The number of pyridine rings is 1. The Bertz CT molecular complexity index is 1440. The number of aromatic nitrogens is 3. The van der Waals surface area contributed by atoms with Gasteiger partial charge >= 0.3 is 0 Å². The molecule has 10 heteroatoms. The molecule has 2 saturated heterocycles. The van der Waals surface area contributed by atoms with E-state index in [9.17, 15) is 12.8 Å². The van der Waals surface area contributed by atoms with E-state index >= 15 is 0 Å². The topological polar surface area (TPSA) is 91.3 Å². The second-order valence-electron chi connectivity index (χ2n) is 11.5. The number of alkyl halides is 1. The van der Waals surface area contributed by atoms with E-state index in [-0.39, 0.29) is 24.3 Å². The first-order chi connectivity index (χ1) is 17.9. The summed E-state index contributed by atoms with van der Waals surface area (Å²) in [5.74, 6) is 2.44. The third-order valence-corrected chi connectivity index (χ3v) is 8.83. The van der Waals surface area contributed by atoms with Crippen molar-refractivity contribution < 1.29 is 12.8 Å². The zero-order valence-electron chi connectivity index (χ0n) is 22.8. The van der Waals surface area contributed by atoms with Crippen LogP contribution in [0.5, 0.6) is 0 Å². The number of hydrogen-bond acceptors (Lipinski definition) is 8. The van der Waals surface area contributed by atoms with E-state index < -0.39 is 15.5 Å². The Balaban J connectivity index is 1.42. The van der Waals surface area contributed by atoms with Gasteiger partial charge in [0, 0.05) is 54.8 Å².